The van der Waals surface area contributed by atoms with Crippen LogP contribution in [0.4, 0.5) is 30.6 Å². The van der Waals surface area contributed by atoms with Crippen LogP contribution in [-0.2, 0) is 6.54 Å². The summed E-state index contributed by atoms with van der Waals surface area (Å²) in [4.78, 5) is 15.2. The van der Waals surface area contributed by atoms with Crippen molar-refractivity contribution in [1.82, 2.24) is 29.6 Å². The lowest BCUT2D eigenvalue weighted by Gasteiger charge is -2.35. The SMILES string of the molecule is CCNc1nc(Nc2ccc(-n3cnc(C)n3)c(F)c2)nc2c1CN(CC(F)F)CC2c1ccccc1. The molecule has 0 spiro atoms. The average molecular weight is 509 g/mol. The van der Waals surface area contributed by atoms with Gasteiger partial charge in [-0.3, -0.25) is 4.90 Å². The van der Waals surface area contributed by atoms with Crippen molar-refractivity contribution in [2.24, 2.45) is 0 Å². The number of benzene rings is 2. The highest BCUT2D eigenvalue weighted by molar-refractivity contribution is 5.60. The molecular weight excluding hydrogens is 481 g/mol. The van der Waals surface area contributed by atoms with Crippen molar-refractivity contribution in [3.63, 3.8) is 0 Å². The second-order valence-electron chi connectivity index (χ2n) is 8.87. The fourth-order valence-corrected chi connectivity index (χ4v) is 4.59. The van der Waals surface area contributed by atoms with E-state index >= 15 is 0 Å². The third kappa shape index (κ3) is 5.41. The molecule has 2 N–H and O–H groups in total. The van der Waals surface area contributed by atoms with Gasteiger partial charge in [-0.25, -0.2) is 27.8 Å². The van der Waals surface area contributed by atoms with Crippen LogP contribution in [0.3, 0.4) is 0 Å². The Kier molecular flexibility index (Phi) is 7.04. The van der Waals surface area contributed by atoms with Crippen LogP contribution < -0.4 is 10.6 Å². The molecule has 3 heterocycles. The van der Waals surface area contributed by atoms with Gasteiger partial charge in [-0.05, 0) is 37.6 Å². The highest BCUT2D eigenvalue weighted by atomic mass is 19.3. The van der Waals surface area contributed by atoms with E-state index in [9.17, 15) is 13.2 Å². The van der Waals surface area contributed by atoms with E-state index in [1.54, 1.807) is 24.0 Å². The molecule has 0 fully saturated rings. The van der Waals surface area contributed by atoms with Gasteiger partial charge in [-0.2, -0.15) is 10.1 Å². The molecule has 2 aromatic heterocycles. The van der Waals surface area contributed by atoms with Crippen LogP contribution in [0.25, 0.3) is 5.69 Å². The zero-order chi connectivity index (χ0) is 25.9. The Morgan fingerprint density at radius 2 is 1.92 bits per heavy atom. The van der Waals surface area contributed by atoms with Gasteiger partial charge in [0, 0.05) is 36.8 Å². The summed E-state index contributed by atoms with van der Waals surface area (Å²) in [6, 6.07) is 14.4. The van der Waals surface area contributed by atoms with Crippen molar-refractivity contribution < 1.29 is 13.2 Å². The van der Waals surface area contributed by atoms with E-state index in [0.29, 0.717) is 42.9 Å². The van der Waals surface area contributed by atoms with Gasteiger partial charge in [0.15, 0.2) is 5.82 Å². The number of aromatic nitrogens is 5. The first-order chi connectivity index (χ1) is 17.9. The summed E-state index contributed by atoms with van der Waals surface area (Å²) >= 11 is 0. The molecule has 8 nitrogen and oxygen atoms in total. The van der Waals surface area contributed by atoms with Crippen molar-refractivity contribution >= 4 is 17.5 Å². The maximum absolute atomic E-state index is 14.9. The fourth-order valence-electron chi connectivity index (χ4n) is 4.59. The molecule has 1 aliphatic rings. The predicted octanol–water partition coefficient (Wildman–Crippen LogP) is 4.89. The van der Waals surface area contributed by atoms with Gasteiger partial charge in [0.2, 0.25) is 5.95 Å². The van der Waals surface area contributed by atoms with E-state index in [2.05, 4.69) is 25.7 Å². The van der Waals surface area contributed by atoms with Crippen LogP contribution in [0, 0.1) is 12.7 Å². The van der Waals surface area contributed by atoms with Crippen molar-refractivity contribution in [3.05, 3.63) is 83.3 Å². The zero-order valence-electron chi connectivity index (χ0n) is 20.5. The number of halogens is 3. The second kappa shape index (κ2) is 10.6. The highest BCUT2D eigenvalue weighted by Gasteiger charge is 2.32. The molecule has 1 atom stereocenters. The van der Waals surface area contributed by atoms with E-state index in [4.69, 9.17) is 4.98 Å². The number of alkyl halides is 2. The van der Waals surface area contributed by atoms with E-state index < -0.39 is 12.2 Å². The van der Waals surface area contributed by atoms with Crippen molar-refractivity contribution in [3.8, 4) is 5.69 Å². The Balaban J connectivity index is 1.52. The fraction of sp³-hybridized carbons (Fsp3) is 0.308. The minimum absolute atomic E-state index is 0.223. The van der Waals surface area contributed by atoms with Gasteiger partial charge >= 0.3 is 0 Å². The lowest BCUT2D eigenvalue weighted by atomic mass is 9.88. The van der Waals surface area contributed by atoms with Crippen molar-refractivity contribution in [2.75, 3.05) is 30.3 Å². The van der Waals surface area contributed by atoms with Gasteiger partial charge in [-0.15, -0.1) is 0 Å². The number of hydrogen-bond donors (Lipinski definition) is 2. The third-order valence-corrected chi connectivity index (χ3v) is 6.19. The number of aryl methyl sites for hydroxylation is 1. The van der Waals surface area contributed by atoms with Gasteiger partial charge < -0.3 is 10.6 Å². The molecule has 5 rings (SSSR count). The maximum atomic E-state index is 14.9. The first-order valence-electron chi connectivity index (χ1n) is 12.1. The predicted molar refractivity (Wildman–Crippen MR) is 135 cm³/mol. The minimum Gasteiger partial charge on any atom is -0.370 e. The van der Waals surface area contributed by atoms with Gasteiger partial charge in [0.1, 0.15) is 23.7 Å². The maximum Gasteiger partial charge on any atom is 0.251 e. The van der Waals surface area contributed by atoms with Crippen molar-refractivity contribution in [2.45, 2.75) is 32.7 Å². The Morgan fingerprint density at radius 1 is 1.11 bits per heavy atom. The Hall–Kier alpha value is -3.99. The summed E-state index contributed by atoms with van der Waals surface area (Å²) in [6.07, 6.45) is -0.987. The van der Waals surface area contributed by atoms with Crippen LogP contribution in [-0.4, -0.2) is 55.7 Å². The Labute approximate surface area is 212 Å². The number of hydrogen-bond acceptors (Lipinski definition) is 7. The van der Waals surface area contributed by atoms with Gasteiger partial charge in [0.05, 0.1) is 12.2 Å². The first kappa shape index (κ1) is 24.7. The lowest BCUT2D eigenvalue weighted by molar-refractivity contribution is 0.0788. The summed E-state index contributed by atoms with van der Waals surface area (Å²) in [5, 5.41) is 10.5. The summed E-state index contributed by atoms with van der Waals surface area (Å²) in [5.41, 5.74) is 3.27. The first-order valence-corrected chi connectivity index (χ1v) is 12.1. The summed E-state index contributed by atoms with van der Waals surface area (Å²) in [7, 11) is 0. The van der Waals surface area contributed by atoms with Crippen LogP contribution in [0.15, 0.2) is 54.9 Å². The van der Waals surface area contributed by atoms with E-state index in [-0.39, 0.29) is 18.2 Å². The summed E-state index contributed by atoms with van der Waals surface area (Å²) in [5.74, 6) is 0.704. The smallest absolute Gasteiger partial charge is 0.251 e. The standard InChI is InChI=1S/C26H27F3N8/c1-3-30-25-20-13-36(14-23(28)29)12-19(17-7-5-4-6-8-17)24(20)33-26(34-25)32-18-9-10-22(21(27)11-18)37-15-31-16(2)35-37/h4-11,15,19,23H,3,12-14H2,1-2H3,(H2,30,32,33,34). The molecule has 37 heavy (non-hydrogen) atoms. The molecule has 0 saturated carbocycles. The van der Waals surface area contributed by atoms with E-state index in [0.717, 1.165) is 16.8 Å². The third-order valence-electron chi connectivity index (χ3n) is 6.19. The monoisotopic (exact) mass is 508 g/mol. The molecule has 0 aliphatic carbocycles. The summed E-state index contributed by atoms with van der Waals surface area (Å²) < 4.78 is 42.9. The molecule has 0 saturated heterocycles. The zero-order valence-corrected chi connectivity index (χ0v) is 20.5. The Bertz CT molecular complexity index is 1380. The normalized spacial score (nSPS) is 15.6. The molecule has 0 radical (unpaired) electrons. The molecule has 0 amide bonds. The van der Waals surface area contributed by atoms with E-state index in [1.165, 1.54) is 17.1 Å². The quantitative estimate of drug-likeness (QED) is 0.351. The molecular formula is C26H27F3N8. The molecule has 1 aliphatic heterocycles. The Morgan fingerprint density at radius 3 is 2.59 bits per heavy atom. The summed E-state index contributed by atoms with van der Waals surface area (Å²) in [6.45, 7) is 4.65. The second-order valence-corrected chi connectivity index (χ2v) is 8.87. The molecule has 0 bridgehead atoms. The van der Waals surface area contributed by atoms with Crippen LogP contribution >= 0.6 is 0 Å². The molecule has 2 aromatic carbocycles. The molecule has 4 aromatic rings. The van der Waals surface area contributed by atoms with Gasteiger partial charge in [0.25, 0.3) is 6.43 Å². The topological polar surface area (TPSA) is 83.8 Å². The minimum atomic E-state index is -2.44. The van der Waals surface area contributed by atoms with Crippen LogP contribution in [0.5, 0.6) is 0 Å². The van der Waals surface area contributed by atoms with Crippen LogP contribution in [0.1, 0.15) is 35.5 Å². The van der Waals surface area contributed by atoms with E-state index in [1.807, 2.05) is 37.3 Å². The number of fused-ring (bicyclic) bond motifs is 1. The number of nitrogens with zero attached hydrogens (tertiary/aromatic N) is 6. The highest BCUT2D eigenvalue weighted by Crippen LogP contribution is 2.36. The van der Waals surface area contributed by atoms with Crippen molar-refractivity contribution in [1.29, 1.82) is 0 Å². The largest absolute Gasteiger partial charge is 0.370 e. The number of anilines is 3. The van der Waals surface area contributed by atoms with Gasteiger partial charge in [-0.1, -0.05) is 30.3 Å². The average Bonchev–Trinajstić information content (AvgIpc) is 3.30. The number of nitrogens with one attached hydrogen (secondary N) is 2. The molecule has 192 valence electrons. The van der Waals surface area contributed by atoms with Crippen LogP contribution in [0.2, 0.25) is 0 Å². The lowest BCUT2D eigenvalue weighted by Crippen LogP contribution is -2.38. The number of rotatable bonds is 8. The molecule has 1 unspecified atom stereocenters. The molecule has 11 heteroatoms.